The summed E-state index contributed by atoms with van der Waals surface area (Å²) >= 11 is 0. The fraction of sp³-hybridized carbons (Fsp3) is 0.545. The number of nitrogens with zero attached hydrogens (tertiary/aromatic N) is 4. The van der Waals surface area contributed by atoms with E-state index in [1.54, 1.807) is 0 Å². The van der Waals surface area contributed by atoms with Crippen LogP contribution in [0.25, 0.3) is 5.70 Å². The summed E-state index contributed by atoms with van der Waals surface area (Å²) in [7, 11) is 2.83. The van der Waals surface area contributed by atoms with Crippen LogP contribution in [0.4, 0.5) is 4.39 Å². The van der Waals surface area contributed by atoms with E-state index in [0.29, 0.717) is 6.42 Å². The molecule has 18 heavy (non-hydrogen) atoms. The second-order valence-corrected chi connectivity index (χ2v) is 4.41. The number of halogens is 1. The van der Waals surface area contributed by atoms with Crippen molar-refractivity contribution < 1.29 is 14.0 Å². The smallest absolute Gasteiger partial charge is 0.274 e. The average molecular weight is 252 g/mol. The molecule has 1 aliphatic heterocycles. The van der Waals surface area contributed by atoms with E-state index in [0.717, 1.165) is 23.6 Å². The van der Waals surface area contributed by atoms with E-state index < -0.39 is 12.1 Å². The van der Waals surface area contributed by atoms with Gasteiger partial charge < -0.3 is 0 Å². The van der Waals surface area contributed by atoms with Gasteiger partial charge in [0.15, 0.2) is 12.0 Å². The van der Waals surface area contributed by atoms with Gasteiger partial charge in [-0.05, 0) is 18.4 Å². The number of amides is 1. The van der Waals surface area contributed by atoms with Gasteiger partial charge in [-0.3, -0.25) is 9.63 Å². The summed E-state index contributed by atoms with van der Waals surface area (Å²) in [5.74, 6) is -0.292. The Morgan fingerprint density at radius 1 is 1.56 bits per heavy atom. The molecule has 1 saturated carbocycles. The molecule has 0 aromatic carbocycles. The zero-order valence-corrected chi connectivity index (χ0v) is 10.2. The SMILES string of the molecule is CON(C)C(=O)c1nc2n(n1)C(=C1CC1)CC2F. The first-order chi connectivity index (χ1) is 8.61. The van der Waals surface area contributed by atoms with Crippen molar-refractivity contribution in [3.63, 3.8) is 0 Å². The zero-order valence-electron chi connectivity index (χ0n) is 10.2. The molecule has 3 rings (SSSR count). The number of carbonyl (C=O) groups is 1. The largest absolute Gasteiger partial charge is 0.316 e. The van der Waals surface area contributed by atoms with Gasteiger partial charge in [0.1, 0.15) is 0 Å². The summed E-state index contributed by atoms with van der Waals surface area (Å²) in [5.41, 5.74) is 2.07. The third-order valence-corrected chi connectivity index (χ3v) is 3.20. The lowest BCUT2D eigenvalue weighted by molar-refractivity contribution is -0.0764. The third kappa shape index (κ3) is 1.62. The molecule has 0 saturated heterocycles. The normalized spacial score (nSPS) is 21.2. The van der Waals surface area contributed by atoms with Gasteiger partial charge in [-0.15, -0.1) is 5.10 Å². The van der Waals surface area contributed by atoms with Crippen LogP contribution in [0.3, 0.4) is 0 Å². The molecule has 2 aliphatic rings. The molecule has 6 nitrogen and oxygen atoms in total. The summed E-state index contributed by atoms with van der Waals surface area (Å²) in [4.78, 5) is 20.5. The molecule has 7 heteroatoms. The van der Waals surface area contributed by atoms with Crippen molar-refractivity contribution in [1.29, 1.82) is 0 Å². The van der Waals surface area contributed by atoms with Crippen LogP contribution in [-0.4, -0.2) is 39.9 Å². The zero-order chi connectivity index (χ0) is 12.9. The summed E-state index contributed by atoms with van der Waals surface area (Å²) in [5, 5.41) is 5.11. The summed E-state index contributed by atoms with van der Waals surface area (Å²) in [6, 6.07) is 0. The fourth-order valence-corrected chi connectivity index (χ4v) is 2.03. The standard InChI is InChI=1S/C11H13FN4O2/c1-15(18-2)11(17)9-13-10-7(12)5-8(6-3-4-6)16(10)14-9/h7H,3-5H2,1-2H3. The van der Waals surface area contributed by atoms with Crippen molar-refractivity contribution in [1.82, 2.24) is 19.8 Å². The minimum Gasteiger partial charge on any atom is -0.274 e. The van der Waals surface area contributed by atoms with E-state index in [9.17, 15) is 9.18 Å². The Balaban J connectivity index is 1.98. The first-order valence-corrected chi connectivity index (χ1v) is 5.76. The van der Waals surface area contributed by atoms with Gasteiger partial charge in [0.2, 0.25) is 5.82 Å². The molecule has 0 spiro atoms. The Labute approximate surface area is 103 Å². The highest BCUT2D eigenvalue weighted by Gasteiger charge is 2.36. The van der Waals surface area contributed by atoms with Crippen LogP contribution in [0.1, 0.15) is 41.9 Å². The van der Waals surface area contributed by atoms with Gasteiger partial charge in [0.05, 0.1) is 7.11 Å². The van der Waals surface area contributed by atoms with E-state index in [-0.39, 0.29) is 11.6 Å². The Bertz CT molecular complexity index is 545. The first kappa shape index (κ1) is 11.3. The molecular formula is C11H13FN4O2. The number of fused-ring (bicyclic) bond motifs is 1. The minimum absolute atomic E-state index is 0.0320. The molecule has 1 unspecified atom stereocenters. The van der Waals surface area contributed by atoms with Crippen molar-refractivity contribution in [2.75, 3.05) is 14.2 Å². The number of rotatable bonds is 2. The number of alkyl halides is 1. The average Bonchev–Trinajstić information content (AvgIpc) is 3.03. The molecule has 1 amide bonds. The predicted molar refractivity (Wildman–Crippen MR) is 60.0 cm³/mol. The Kier molecular flexibility index (Phi) is 2.44. The van der Waals surface area contributed by atoms with E-state index >= 15 is 0 Å². The van der Waals surface area contributed by atoms with Crippen LogP contribution in [0.2, 0.25) is 0 Å². The lowest BCUT2D eigenvalue weighted by Crippen LogP contribution is -2.26. The van der Waals surface area contributed by atoms with Gasteiger partial charge in [0, 0.05) is 19.2 Å². The van der Waals surface area contributed by atoms with Crippen molar-refractivity contribution in [3.8, 4) is 0 Å². The molecule has 1 aromatic rings. The van der Waals surface area contributed by atoms with Crippen LogP contribution >= 0.6 is 0 Å². The van der Waals surface area contributed by atoms with Gasteiger partial charge in [-0.1, -0.05) is 0 Å². The molecule has 1 fully saturated rings. The van der Waals surface area contributed by atoms with Crippen LogP contribution in [0.15, 0.2) is 5.57 Å². The fourth-order valence-electron chi connectivity index (χ4n) is 2.03. The Morgan fingerprint density at radius 2 is 2.28 bits per heavy atom. The monoisotopic (exact) mass is 252 g/mol. The lowest BCUT2D eigenvalue weighted by Gasteiger charge is -2.10. The van der Waals surface area contributed by atoms with E-state index in [1.165, 1.54) is 24.4 Å². The van der Waals surface area contributed by atoms with Crippen LogP contribution in [0, 0.1) is 0 Å². The first-order valence-electron chi connectivity index (χ1n) is 5.76. The number of hydrogen-bond donors (Lipinski definition) is 0. The van der Waals surface area contributed by atoms with E-state index in [4.69, 9.17) is 4.84 Å². The van der Waals surface area contributed by atoms with Gasteiger partial charge >= 0.3 is 5.91 Å². The minimum atomic E-state index is -1.17. The number of carbonyl (C=O) groups excluding carboxylic acids is 1. The Morgan fingerprint density at radius 3 is 2.89 bits per heavy atom. The molecular weight excluding hydrogens is 239 g/mol. The van der Waals surface area contributed by atoms with Gasteiger partial charge in [0.25, 0.3) is 0 Å². The van der Waals surface area contributed by atoms with Crippen LogP contribution < -0.4 is 0 Å². The molecule has 0 N–H and O–H groups in total. The van der Waals surface area contributed by atoms with Crippen LogP contribution in [0.5, 0.6) is 0 Å². The van der Waals surface area contributed by atoms with E-state index in [1.807, 2.05) is 0 Å². The molecule has 1 aliphatic carbocycles. The topological polar surface area (TPSA) is 60.2 Å². The van der Waals surface area contributed by atoms with Gasteiger partial charge in [-0.25, -0.2) is 19.1 Å². The molecule has 1 aromatic heterocycles. The maximum absolute atomic E-state index is 13.8. The Hall–Kier alpha value is -1.76. The lowest BCUT2D eigenvalue weighted by atomic mass is 10.2. The summed E-state index contributed by atoms with van der Waals surface area (Å²) in [6.07, 6.45) is 1.12. The number of allylic oxidation sites excluding steroid dienone is 2. The van der Waals surface area contributed by atoms with E-state index in [2.05, 4.69) is 10.1 Å². The molecule has 0 radical (unpaired) electrons. The highest BCUT2D eigenvalue weighted by Crippen LogP contribution is 2.43. The summed E-state index contributed by atoms with van der Waals surface area (Å²) in [6.45, 7) is 0. The molecule has 0 bridgehead atoms. The van der Waals surface area contributed by atoms with Crippen molar-refractivity contribution >= 4 is 11.6 Å². The maximum atomic E-state index is 13.8. The quantitative estimate of drug-likeness (QED) is 0.745. The summed E-state index contributed by atoms with van der Waals surface area (Å²) < 4.78 is 15.3. The third-order valence-electron chi connectivity index (χ3n) is 3.20. The van der Waals surface area contributed by atoms with Crippen molar-refractivity contribution in [3.05, 3.63) is 17.2 Å². The van der Waals surface area contributed by atoms with Gasteiger partial charge in [-0.2, -0.15) is 0 Å². The predicted octanol–water partition coefficient (Wildman–Crippen LogP) is 1.33. The second-order valence-electron chi connectivity index (χ2n) is 4.41. The van der Waals surface area contributed by atoms with Crippen molar-refractivity contribution in [2.24, 2.45) is 0 Å². The number of hydroxylamine groups is 2. The highest BCUT2D eigenvalue weighted by atomic mass is 19.1. The van der Waals surface area contributed by atoms with Crippen molar-refractivity contribution in [2.45, 2.75) is 25.4 Å². The number of aromatic nitrogens is 3. The maximum Gasteiger partial charge on any atom is 0.316 e. The molecule has 1 atom stereocenters. The highest BCUT2D eigenvalue weighted by molar-refractivity contribution is 5.89. The molecule has 2 heterocycles. The van der Waals surface area contributed by atoms with Crippen LogP contribution in [-0.2, 0) is 4.84 Å². The number of hydrogen-bond acceptors (Lipinski definition) is 4. The molecule has 96 valence electrons. The second kappa shape index (κ2) is 3.88.